The van der Waals surface area contributed by atoms with E-state index in [1.54, 1.807) is 6.20 Å². The molecule has 4 aromatic rings. The normalized spacial score (nSPS) is 11.3. The number of aryl methyl sites for hydroxylation is 1. The van der Waals surface area contributed by atoms with Gasteiger partial charge in [0.05, 0.1) is 42.2 Å². The number of benzene rings is 2. The lowest BCUT2D eigenvalue weighted by Gasteiger charge is -2.12. The molecule has 0 amide bonds. The Balaban J connectivity index is 1.62. The van der Waals surface area contributed by atoms with Crippen LogP contribution in [0.3, 0.4) is 0 Å². The molecule has 2 heterocycles. The molecule has 0 unspecified atom stereocenters. The maximum Gasteiger partial charge on any atom is 0.100 e. The fraction of sp³-hybridized carbons (Fsp3) is 0.200. The summed E-state index contributed by atoms with van der Waals surface area (Å²) in [6, 6.07) is 15.9. The number of imidazole rings is 1. The van der Waals surface area contributed by atoms with E-state index in [9.17, 15) is 5.11 Å². The van der Waals surface area contributed by atoms with Crippen molar-refractivity contribution in [1.82, 2.24) is 19.3 Å². The van der Waals surface area contributed by atoms with E-state index in [4.69, 9.17) is 4.74 Å². The van der Waals surface area contributed by atoms with E-state index in [-0.39, 0.29) is 6.61 Å². The van der Waals surface area contributed by atoms with Crippen LogP contribution in [0.2, 0.25) is 0 Å². The van der Waals surface area contributed by atoms with Crippen molar-refractivity contribution in [3.8, 4) is 5.69 Å². The van der Waals surface area contributed by atoms with Gasteiger partial charge in [0.2, 0.25) is 0 Å². The van der Waals surface area contributed by atoms with E-state index in [1.165, 1.54) is 0 Å². The topological polar surface area (TPSA) is 65.1 Å². The molecule has 0 bridgehead atoms. The van der Waals surface area contributed by atoms with E-state index in [2.05, 4.69) is 22.2 Å². The Hall–Kier alpha value is -2.96. The summed E-state index contributed by atoms with van der Waals surface area (Å²) < 4.78 is 9.76. The van der Waals surface area contributed by atoms with Crippen LogP contribution < -0.4 is 0 Å². The summed E-state index contributed by atoms with van der Waals surface area (Å²) in [6.07, 6.45) is 3.58. The molecular weight excluding hydrogens is 328 g/mol. The van der Waals surface area contributed by atoms with Crippen molar-refractivity contribution in [2.24, 2.45) is 7.05 Å². The smallest absolute Gasteiger partial charge is 0.100 e. The highest BCUT2D eigenvalue weighted by Gasteiger charge is 2.10. The third-order valence-corrected chi connectivity index (χ3v) is 4.48. The third-order valence-electron chi connectivity index (χ3n) is 4.48. The van der Waals surface area contributed by atoms with Gasteiger partial charge in [0.15, 0.2) is 0 Å². The number of hydrogen-bond donors (Lipinski definition) is 1. The number of para-hydroxylation sites is 1. The first-order chi connectivity index (χ1) is 12.8. The molecule has 6 heteroatoms. The van der Waals surface area contributed by atoms with Crippen LogP contribution in [0.1, 0.15) is 16.8 Å². The highest BCUT2D eigenvalue weighted by molar-refractivity contribution is 5.78. The second kappa shape index (κ2) is 7.11. The van der Waals surface area contributed by atoms with Crippen LogP contribution >= 0.6 is 0 Å². The fourth-order valence-corrected chi connectivity index (χ4v) is 3.02. The molecule has 0 atom stereocenters. The van der Waals surface area contributed by atoms with Crippen molar-refractivity contribution in [3.63, 3.8) is 0 Å². The first-order valence-electron chi connectivity index (χ1n) is 8.46. The van der Waals surface area contributed by atoms with Gasteiger partial charge in [0.1, 0.15) is 6.33 Å². The molecule has 0 aliphatic carbocycles. The van der Waals surface area contributed by atoms with Crippen LogP contribution in [0.5, 0.6) is 0 Å². The van der Waals surface area contributed by atoms with Gasteiger partial charge in [0.25, 0.3) is 0 Å². The maximum atomic E-state index is 9.42. The quantitative estimate of drug-likeness (QED) is 0.582. The molecule has 2 aromatic carbocycles. The first-order valence-corrected chi connectivity index (χ1v) is 8.46. The molecule has 0 aliphatic heterocycles. The van der Waals surface area contributed by atoms with E-state index < -0.39 is 0 Å². The molecule has 26 heavy (non-hydrogen) atoms. The average Bonchev–Trinajstić information content (AvgIpc) is 3.28. The van der Waals surface area contributed by atoms with E-state index in [0.29, 0.717) is 13.2 Å². The van der Waals surface area contributed by atoms with Crippen molar-refractivity contribution >= 4 is 11.0 Å². The number of ether oxygens (including phenoxy) is 1. The lowest BCUT2D eigenvalue weighted by atomic mass is 10.1. The number of aliphatic hydroxyl groups is 1. The van der Waals surface area contributed by atoms with Gasteiger partial charge in [-0.3, -0.25) is 9.25 Å². The summed E-state index contributed by atoms with van der Waals surface area (Å²) in [5.41, 5.74) is 5.86. The predicted molar refractivity (Wildman–Crippen MR) is 98.7 cm³/mol. The van der Waals surface area contributed by atoms with Gasteiger partial charge in [-0.1, -0.05) is 24.3 Å². The molecule has 1 N–H and O–H groups in total. The van der Waals surface area contributed by atoms with Crippen molar-refractivity contribution in [3.05, 3.63) is 77.9 Å². The molecule has 0 fully saturated rings. The molecule has 0 spiro atoms. The molecule has 0 saturated carbocycles. The highest BCUT2D eigenvalue weighted by atomic mass is 16.5. The predicted octanol–water partition coefficient (Wildman–Crippen LogP) is 2.97. The Bertz CT molecular complexity index is 1040. The van der Waals surface area contributed by atoms with Gasteiger partial charge in [-0.2, -0.15) is 5.10 Å². The number of nitrogens with zero attached hydrogens (tertiary/aromatic N) is 4. The Morgan fingerprint density at radius 1 is 1.08 bits per heavy atom. The zero-order chi connectivity index (χ0) is 17.9. The van der Waals surface area contributed by atoms with Gasteiger partial charge in [-0.25, -0.2) is 4.98 Å². The second-order valence-electron chi connectivity index (χ2n) is 6.16. The number of aliphatic hydroxyl groups excluding tert-OH is 1. The van der Waals surface area contributed by atoms with Crippen molar-refractivity contribution in [1.29, 1.82) is 0 Å². The molecular formula is C20H20N4O2. The van der Waals surface area contributed by atoms with Crippen LogP contribution in [0.4, 0.5) is 0 Å². The summed E-state index contributed by atoms with van der Waals surface area (Å²) in [5.74, 6) is 0. The highest BCUT2D eigenvalue weighted by Crippen LogP contribution is 2.23. The molecule has 2 aromatic heterocycles. The third kappa shape index (κ3) is 3.12. The summed E-state index contributed by atoms with van der Waals surface area (Å²) >= 11 is 0. The summed E-state index contributed by atoms with van der Waals surface area (Å²) in [5, 5.41) is 13.6. The SMILES string of the molecule is Cn1nccc1COCc1ccccc1-n1cnc2ccc(CO)cc21. The van der Waals surface area contributed by atoms with Crippen LogP contribution in [0.25, 0.3) is 16.7 Å². The average molecular weight is 348 g/mol. The molecule has 0 radical (unpaired) electrons. The number of aromatic nitrogens is 4. The zero-order valence-electron chi connectivity index (χ0n) is 14.5. The van der Waals surface area contributed by atoms with Crippen LogP contribution in [-0.2, 0) is 31.6 Å². The Morgan fingerprint density at radius 3 is 2.77 bits per heavy atom. The van der Waals surface area contributed by atoms with Gasteiger partial charge in [-0.05, 0) is 29.8 Å². The van der Waals surface area contributed by atoms with E-state index in [0.717, 1.165) is 33.5 Å². The van der Waals surface area contributed by atoms with Crippen molar-refractivity contribution < 1.29 is 9.84 Å². The number of hydrogen-bond acceptors (Lipinski definition) is 4. The van der Waals surface area contributed by atoms with Gasteiger partial charge >= 0.3 is 0 Å². The van der Waals surface area contributed by atoms with E-state index in [1.807, 2.05) is 59.0 Å². The monoisotopic (exact) mass is 348 g/mol. The van der Waals surface area contributed by atoms with E-state index >= 15 is 0 Å². The van der Waals surface area contributed by atoms with Gasteiger partial charge in [0, 0.05) is 18.8 Å². The Morgan fingerprint density at radius 2 is 1.96 bits per heavy atom. The van der Waals surface area contributed by atoms with Crippen LogP contribution in [-0.4, -0.2) is 24.4 Å². The van der Waals surface area contributed by atoms with Crippen molar-refractivity contribution in [2.75, 3.05) is 0 Å². The molecule has 4 rings (SSSR count). The minimum atomic E-state index is 0.0105. The maximum absolute atomic E-state index is 9.42. The number of fused-ring (bicyclic) bond motifs is 1. The Labute approximate surface area is 151 Å². The summed E-state index contributed by atoms with van der Waals surface area (Å²) in [7, 11) is 1.91. The van der Waals surface area contributed by atoms with Gasteiger partial charge in [-0.15, -0.1) is 0 Å². The largest absolute Gasteiger partial charge is 0.392 e. The minimum Gasteiger partial charge on any atom is -0.392 e. The molecule has 132 valence electrons. The van der Waals surface area contributed by atoms with Gasteiger partial charge < -0.3 is 9.84 Å². The zero-order valence-corrected chi connectivity index (χ0v) is 14.5. The standard InChI is InChI=1S/C20H20N4O2/c1-23-17(8-9-22-23)13-26-12-16-4-2-3-5-19(16)24-14-21-18-7-6-15(11-25)10-20(18)24/h2-10,14,25H,11-13H2,1H3. The lowest BCUT2D eigenvalue weighted by molar-refractivity contribution is 0.102. The second-order valence-corrected chi connectivity index (χ2v) is 6.16. The van der Waals surface area contributed by atoms with Crippen LogP contribution in [0.15, 0.2) is 61.1 Å². The summed E-state index contributed by atoms with van der Waals surface area (Å²) in [4.78, 5) is 4.47. The minimum absolute atomic E-state index is 0.0105. The van der Waals surface area contributed by atoms with Crippen LogP contribution in [0, 0.1) is 0 Å². The Kier molecular flexibility index (Phi) is 4.51. The first kappa shape index (κ1) is 16.5. The fourth-order valence-electron chi connectivity index (χ4n) is 3.02. The lowest BCUT2D eigenvalue weighted by Crippen LogP contribution is -2.04. The molecule has 6 nitrogen and oxygen atoms in total. The molecule has 0 aliphatic rings. The number of rotatable bonds is 6. The van der Waals surface area contributed by atoms with Crippen molar-refractivity contribution in [2.45, 2.75) is 19.8 Å². The summed E-state index contributed by atoms with van der Waals surface area (Å²) in [6.45, 7) is 1.00. The molecule has 0 saturated heterocycles.